The minimum Gasteiger partial charge on any atom is -0.381 e. The van der Waals surface area contributed by atoms with Crippen molar-refractivity contribution < 1.29 is 4.74 Å². The first-order valence-corrected chi connectivity index (χ1v) is 9.26. The second kappa shape index (κ2) is 7.75. The maximum absolute atomic E-state index is 6.04. The van der Waals surface area contributed by atoms with Crippen LogP contribution in [0.5, 0.6) is 0 Å². The van der Waals surface area contributed by atoms with Crippen LogP contribution >= 0.6 is 11.6 Å². The maximum Gasteiger partial charge on any atom is 0.193 e. The SMILES string of the molecule is CN=C(NCC1(c2ccc(Cl)cc2)CCC1)N(C)CC1CCOC1. The minimum absolute atomic E-state index is 0.220. The molecule has 24 heavy (non-hydrogen) atoms. The molecule has 1 N–H and O–H groups in total. The zero-order valence-corrected chi connectivity index (χ0v) is 15.5. The Balaban J connectivity index is 1.60. The van der Waals surface area contributed by atoms with Crippen molar-refractivity contribution in [3.63, 3.8) is 0 Å². The third-order valence-electron chi connectivity index (χ3n) is 5.48. The first-order valence-electron chi connectivity index (χ1n) is 8.88. The summed E-state index contributed by atoms with van der Waals surface area (Å²) >= 11 is 6.04. The van der Waals surface area contributed by atoms with E-state index in [-0.39, 0.29) is 5.41 Å². The van der Waals surface area contributed by atoms with Crippen molar-refractivity contribution in [2.45, 2.75) is 31.1 Å². The smallest absolute Gasteiger partial charge is 0.193 e. The monoisotopic (exact) mass is 349 g/mol. The van der Waals surface area contributed by atoms with E-state index in [2.05, 4.69) is 34.4 Å². The van der Waals surface area contributed by atoms with Gasteiger partial charge in [-0.3, -0.25) is 4.99 Å². The van der Waals surface area contributed by atoms with Gasteiger partial charge in [-0.2, -0.15) is 0 Å². The minimum atomic E-state index is 0.220. The third kappa shape index (κ3) is 3.86. The van der Waals surface area contributed by atoms with Gasteiger partial charge in [0.1, 0.15) is 0 Å². The Hall–Kier alpha value is -1.26. The molecule has 1 aromatic carbocycles. The Kier molecular flexibility index (Phi) is 5.67. The number of benzene rings is 1. The molecular formula is C19H28ClN3O. The number of aliphatic imine (C=N–C) groups is 1. The Morgan fingerprint density at radius 2 is 2.12 bits per heavy atom. The third-order valence-corrected chi connectivity index (χ3v) is 5.73. The molecule has 1 atom stereocenters. The molecule has 1 aromatic rings. The predicted molar refractivity (Wildman–Crippen MR) is 99.9 cm³/mol. The molecule has 1 saturated carbocycles. The fourth-order valence-corrected chi connectivity index (χ4v) is 3.93. The molecule has 3 rings (SSSR count). The van der Waals surface area contributed by atoms with Crippen LogP contribution in [0.15, 0.2) is 29.3 Å². The predicted octanol–water partition coefficient (Wildman–Crippen LogP) is 3.31. The van der Waals surface area contributed by atoms with E-state index < -0.39 is 0 Å². The van der Waals surface area contributed by atoms with Crippen molar-refractivity contribution >= 4 is 17.6 Å². The highest BCUT2D eigenvalue weighted by Crippen LogP contribution is 2.43. The summed E-state index contributed by atoms with van der Waals surface area (Å²) in [6.45, 7) is 3.68. The van der Waals surface area contributed by atoms with E-state index in [0.29, 0.717) is 5.92 Å². The molecule has 2 aliphatic rings. The van der Waals surface area contributed by atoms with Gasteiger partial charge in [0, 0.05) is 50.1 Å². The molecule has 0 aromatic heterocycles. The number of guanidine groups is 1. The number of ether oxygens (including phenoxy) is 1. The molecule has 1 saturated heterocycles. The van der Waals surface area contributed by atoms with Crippen LogP contribution in [0.4, 0.5) is 0 Å². The molecule has 0 radical (unpaired) electrons. The van der Waals surface area contributed by atoms with E-state index in [1.54, 1.807) is 0 Å². The number of nitrogens with zero attached hydrogens (tertiary/aromatic N) is 2. The molecule has 2 fully saturated rings. The van der Waals surface area contributed by atoms with Gasteiger partial charge in [0.15, 0.2) is 5.96 Å². The van der Waals surface area contributed by atoms with Crippen LogP contribution in [-0.4, -0.2) is 51.3 Å². The van der Waals surface area contributed by atoms with Crippen LogP contribution in [0.2, 0.25) is 5.02 Å². The van der Waals surface area contributed by atoms with Crippen molar-refractivity contribution in [1.29, 1.82) is 0 Å². The maximum atomic E-state index is 6.04. The average Bonchev–Trinajstić information content (AvgIpc) is 3.04. The number of rotatable bonds is 5. The molecule has 0 amide bonds. The van der Waals surface area contributed by atoms with Crippen molar-refractivity contribution in [3.8, 4) is 0 Å². The van der Waals surface area contributed by atoms with Crippen LogP contribution < -0.4 is 5.32 Å². The van der Waals surface area contributed by atoms with Gasteiger partial charge in [0.25, 0.3) is 0 Å². The number of nitrogens with one attached hydrogen (secondary N) is 1. The Morgan fingerprint density at radius 3 is 2.67 bits per heavy atom. The van der Waals surface area contributed by atoms with Crippen LogP contribution in [0.25, 0.3) is 0 Å². The number of hydrogen-bond acceptors (Lipinski definition) is 2. The first kappa shape index (κ1) is 17.6. The van der Waals surface area contributed by atoms with E-state index in [1.807, 2.05) is 19.2 Å². The normalized spacial score (nSPS) is 23.0. The molecule has 5 heteroatoms. The molecule has 4 nitrogen and oxygen atoms in total. The lowest BCUT2D eigenvalue weighted by molar-refractivity contribution is 0.181. The summed E-state index contributed by atoms with van der Waals surface area (Å²) in [5, 5.41) is 4.40. The van der Waals surface area contributed by atoms with Crippen molar-refractivity contribution in [1.82, 2.24) is 10.2 Å². The molecule has 1 heterocycles. The summed E-state index contributed by atoms with van der Waals surface area (Å²) in [5.74, 6) is 1.59. The van der Waals surface area contributed by atoms with Gasteiger partial charge < -0.3 is 15.0 Å². The summed E-state index contributed by atoms with van der Waals surface area (Å²) in [6.07, 6.45) is 4.88. The van der Waals surface area contributed by atoms with E-state index in [0.717, 1.165) is 43.7 Å². The van der Waals surface area contributed by atoms with Gasteiger partial charge >= 0.3 is 0 Å². The lowest BCUT2D eigenvalue weighted by atomic mass is 9.64. The molecule has 1 aliphatic heterocycles. The van der Waals surface area contributed by atoms with Crippen LogP contribution in [0.1, 0.15) is 31.2 Å². The van der Waals surface area contributed by atoms with Crippen LogP contribution in [0.3, 0.4) is 0 Å². The second-order valence-electron chi connectivity index (χ2n) is 7.15. The zero-order chi connectivity index (χ0) is 17.0. The van der Waals surface area contributed by atoms with Gasteiger partial charge in [-0.15, -0.1) is 0 Å². The number of hydrogen-bond donors (Lipinski definition) is 1. The van der Waals surface area contributed by atoms with E-state index in [1.165, 1.54) is 24.8 Å². The van der Waals surface area contributed by atoms with Gasteiger partial charge in [0.2, 0.25) is 0 Å². The van der Waals surface area contributed by atoms with Crippen molar-refractivity contribution in [3.05, 3.63) is 34.9 Å². The average molecular weight is 350 g/mol. The molecule has 1 unspecified atom stereocenters. The molecule has 1 aliphatic carbocycles. The van der Waals surface area contributed by atoms with Crippen LogP contribution in [0, 0.1) is 5.92 Å². The zero-order valence-electron chi connectivity index (χ0n) is 14.7. The lowest BCUT2D eigenvalue weighted by Gasteiger charge is -2.43. The van der Waals surface area contributed by atoms with Crippen LogP contribution in [-0.2, 0) is 10.2 Å². The Labute approximate surface area is 150 Å². The van der Waals surface area contributed by atoms with Gasteiger partial charge in [0.05, 0.1) is 6.61 Å². The molecule has 132 valence electrons. The summed E-state index contributed by atoms with van der Waals surface area (Å²) in [4.78, 5) is 6.70. The first-order chi connectivity index (χ1) is 11.6. The van der Waals surface area contributed by atoms with E-state index in [4.69, 9.17) is 16.3 Å². The Bertz CT molecular complexity index is 562. The fourth-order valence-electron chi connectivity index (χ4n) is 3.81. The molecule has 0 spiro atoms. The highest BCUT2D eigenvalue weighted by atomic mass is 35.5. The highest BCUT2D eigenvalue weighted by molar-refractivity contribution is 6.30. The summed E-state index contributed by atoms with van der Waals surface area (Å²) < 4.78 is 5.48. The fraction of sp³-hybridized carbons (Fsp3) is 0.632. The summed E-state index contributed by atoms with van der Waals surface area (Å²) in [6, 6.07) is 8.34. The Morgan fingerprint density at radius 1 is 1.38 bits per heavy atom. The standard InChI is InChI=1S/C19H28ClN3O/c1-21-18(23(2)12-15-8-11-24-13-15)22-14-19(9-3-10-19)16-4-6-17(20)7-5-16/h4-7,15H,3,8-14H2,1-2H3,(H,21,22). The summed E-state index contributed by atoms with van der Waals surface area (Å²) in [7, 11) is 3.98. The topological polar surface area (TPSA) is 36.9 Å². The number of halogens is 1. The quantitative estimate of drug-likeness (QED) is 0.654. The van der Waals surface area contributed by atoms with Crippen molar-refractivity contribution in [2.24, 2.45) is 10.9 Å². The molecular weight excluding hydrogens is 322 g/mol. The van der Waals surface area contributed by atoms with E-state index >= 15 is 0 Å². The second-order valence-corrected chi connectivity index (χ2v) is 7.59. The van der Waals surface area contributed by atoms with Gasteiger partial charge in [-0.1, -0.05) is 30.2 Å². The molecule has 0 bridgehead atoms. The van der Waals surface area contributed by atoms with E-state index in [9.17, 15) is 0 Å². The summed E-state index contributed by atoms with van der Waals surface area (Å²) in [5.41, 5.74) is 1.60. The van der Waals surface area contributed by atoms with Gasteiger partial charge in [-0.05, 0) is 37.0 Å². The van der Waals surface area contributed by atoms with Crippen molar-refractivity contribution in [2.75, 3.05) is 40.4 Å². The van der Waals surface area contributed by atoms with Gasteiger partial charge in [-0.25, -0.2) is 0 Å². The highest BCUT2D eigenvalue weighted by Gasteiger charge is 2.38. The largest absolute Gasteiger partial charge is 0.381 e. The lowest BCUT2D eigenvalue weighted by Crippen LogP contribution is -2.50.